The topological polar surface area (TPSA) is 51.0 Å². The Labute approximate surface area is 158 Å². The summed E-state index contributed by atoms with van der Waals surface area (Å²) in [5.41, 5.74) is 3.15. The molecule has 0 spiro atoms. The SMILES string of the molecule is C=CCN(Cc1cccs1)C(=O)c1cc(C(C)C)nc2c1c(C)nn2C. The number of amides is 1. The molecule has 1 amide bonds. The maximum Gasteiger partial charge on any atom is 0.255 e. The van der Waals surface area contributed by atoms with Gasteiger partial charge in [-0.15, -0.1) is 17.9 Å². The first kappa shape index (κ1) is 18.3. The lowest BCUT2D eigenvalue weighted by Crippen LogP contribution is -2.30. The molecule has 0 saturated heterocycles. The Bertz CT molecular complexity index is 941. The molecule has 0 fully saturated rings. The van der Waals surface area contributed by atoms with E-state index < -0.39 is 0 Å². The van der Waals surface area contributed by atoms with Gasteiger partial charge in [-0.25, -0.2) is 4.98 Å². The second-order valence-corrected chi connectivity index (χ2v) is 7.74. The van der Waals surface area contributed by atoms with Gasteiger partial charge in [0.05, 0.1) is 23.2 Å². The lowest BCUT2D eigenvalue weighted by molar-refractivity contribution is 0.0766. The molecule has 136 valence electrons. The van der Waals surface area contributed by atoms with Crippen LogP contribution < -0.4 is 0 Å². The fraction of sp³-hybridized carbons (Fsp3) is 0.350. The number of pyridine rings is 1. The van der Waals surface area contributed by atoms with Crippen LogP contribution in [0.25, 0.3) is 11.0 Å². The minimum atomic E-state index is -0.0105. The monoisotopic (exact) mass is 368 g/mol. The van der Waals surface area contributed by atoms with Crippen LogP contribution in [0.1, 0.15) is 46.4 Å². The molecule has 3 heterocycles. The van der Waals surface area contributed by atoms with E-state index in [1.165, 1.54) is 0 Å². The van der Waals surface area contributed by atoms with Crippen LogP contribution in [0.4, 0.5) is 0 Å². The molecule has 0 atom stereocenters. The van der Waals surface area contributed by atoms with E-state index in [0.717, 1.165) is 27.3 Å². The first-order valence-corrected chi connectivity index (χ1v) is 9.57. The fourth-order valence-electron chi connectivity index (χ4n) is 3.06. The third-order valence-electron chi connectivity index (χ3n) is 4.37. The first-order valence-electron chi connectivity index (χ1n) is 8.69. The Morgan fingerprint density at radius 2 is 2.23 bits per heavy atom. The molecule has 0 aromatic carbocycles. The minimum Gasteiger partial charge on any atom is -0.330 e. The van der Waals surface area contributed by atoms with Gasteiger partial charge in [0.2, 0.25) is 0 Å². The highest BCUT2D eigenvalue weighted by Gasteiger charge is 2.23. The summed E-state index contributed by atoms with van der Waals surface area (Å²) in [4.78, 5) is 21.1. The van der Waals surface area contributed by atoms with Gasteiger partial charge in [0.1, 0.15) is 0 Å². The average molecular weight is 369 g/mol. The van der Waals surface area contributed by atoms with Crippen LogP contribution in [0, 0.1) is 6.92 Å². The third kappa shape index (κ3) is 3.42. The summed E-state index contributed by atoms with van der Waals surface area (Å²) in [7, 11) is 1.87. The molecule has 0 bridgehead atoms. The predicted molar refractivity (Wildman–Crippen MR) is 107 cm³/mol. The molecular weight excluding hydrogens is 344 g/mol. The number of nitrogens with zero attached hydrogens (tertiary/aromatic N) is 4. The molecule has 5 nitrogen and oxygen atoms in total. The van der Waals surface area contributed by atoms with Crippen molar-refractivity contribution < 1.29 is 4.79 Å². The molecule has 0 saturated carbocycles. The van der Waals surface area contributed by atoms with E-state index in [0.29, 0.717) is 18.7 Å². The summed E-state index contributed by atoms with van der Waals surface area (Å²) in [5, 5.41) is 7.34. The smallest absolute Gasteiger partial charge is 0.255 e. The average Bonchev–Trinajstić information content (AvgIpc) is 3.21. The number of hydrogen-bond acceptors (Lipinski definition) is 4. The van der Waals surface area contributed by atoms with Crippen LogP contribution >= 0.6 is 11.3 Å². The maximum atomic E-state index is 13.4. The van der Waals surface area contributed by atoms with Crippen LogP contribution in [0.3, 0.4) is 0 Å². The molecule has 3 aromatic rings. The quantitative estimate of drug-likeness (QED) is 0.610. The van der Waals surface area contributed by atoms with Crippen LogP contribution in [-0.4, -0.2) is 32.1 Å². The van der Waals surface area contributed by atoms with Crippen molar-refractivity contribution in [2.75, 3.05) is 6.54 Å². The summed E-state index contributed by atoms with van der Waals surface area (Å²) in [6.07, 6.45) is 1.77. The molecule has 0 aliphatic carbocycles. The minimum absolute atomic E-state index is 0.0105. The molecular formula is C20H24N4OS. The molecule has 6 heteroatoms. The van der Waals surface area contributed by atoms with Crippen molar-refractivity contribution >= 4 is 28.3 Å². The third-order valence-corrected chi connectivity index (χ3v) is 5.24. The lowest BCUT2D eigenvalue weighted by atomic mass is 10.0. The number of carbonyl (C=O) groups is 1. The zero-order valence-electron chi connectivity index (χ0n) is 15.7. The van der Waals surface area contributed by atoms with E-state index in [1.807, 2.05) is 42.5 Å². The lowest BCUT2D eigenvalue weighted by Gasteiger charge is -2.21. The Morgan fingerprint density at radius 3 is 2.85 bits per heavy atom. The van der Waals surface area contributed by atoms with Gasteiger partial charge in [-0.2, -0.15) is 5.10 Å². The summed E-state index contributed by atoms with van der Waals surface area (Å²) in [6, 6.07) is 5.98. The number of hydrogen-bond donors (Lipinski definition) is 0. The Morgan fingerprint density at radius 1 is 1.46 bits per heavy atom. The van der Waals surface area contributed by atoms with Crippen molar-refractivity contribution in [2.24, 2.45) is 7.05 Å². The summed E-state index contributed by atoms with van der Waals surface area (Å²) in [6.45, 7) is 11.0. The second-order valence-electron chi connectivity index (χ2n) is 6.71. The molecule has 0 N–H and O–H groups in total. The Kier molecular flexibility index (Phi) is 5.23. The van der Waals surface area contributed by atoms with E-state index in [1.54, 1.807) is 22.1 Å². The van der Waals surface area contributed by atoms with Crippen molar-refractivity contribution in [2.45, 2.75) is 33.2 Å². The van der Waals surface area contributed by atoms with Gasteiger partial charge in [-0.1, -0.05) is 26.0 Å². The number of thiophene rings is 1. The molecule has 26 heavy (non-hydrogen) atoms. The van der Waals surface area contributed by atoms with Gasteiger partial charge < -0.3 is 4.90 Å². The molecule has 3 aromatic heterocycles. The zero-order valence-corrected chi connectivity index (χ0v) is 16.5. The van der Waals surface area contributed by atoms with Gasteiger partial charge in [-0.05, 0) is 30.4 Å². The van der Waals surface area contributed by atoms with E-state index >= 15 is 0 Å². The predicted octanol–water partition coefficient (Wildman–Crippen LogP) is 4.29. The highest BCUT2D eigenvalue weighted by atomic mass is 32.1. The number of fused-ring (bicyclic) bond motifs is 1. The van der Waals surface area contributed by atoms with Gasteiger partial charge in [0.25, 0.3) is 5.91 Å². The standard InChI is InChI=1S/C20H24N4OS/c1-6-9-24(12-15-8-7-10-26-15)20(25)16-11-17(13(2)3)21-19-18(16)14(4)22-23(19)5/h6-8,10-11,13H,1,9,12H2,2-5H3. The van der Waals surface area contributed by atoms with Gasteiger partial charge in [0.15, 0.2) is 5.65 Å². The van der Waals surface area contributed by atoms with Crippen LogP contribution in [0.5, 0.6) is 0 Å². The maximum absolute atomic E-state index is 13.4. The Balaban J connectivity index is 2.11. The molecule has 0 aliphatic heterocycles. The number of rotatable bonds is 6. The van der Waals surface area contributed by atoms with Crippen LogP contribution in [-0.2, 0) is 13.6 Å². The van der Waals surface area contributed by atoms with E-state index in [2.05, 4.69) is 25.5 Å². The zero-order chi connectivity index (χ0) is 18.8. The van der Waals surface area contributed by atoms with Gasteiger partial charge in [0, 0.05) is 24.2 Å². The Hall–Kier alpha value is -2.47. The van der Waals surface area contributed by atoms with Crippen molar-refractivity contribution in [3.8, 4) is 0 Å². The highest BCUT2D eigenvalue weighted by molar-refractivity contribution is 7.09. The van der Waals surface area contributed by atoms with E-state index in [-0.39, 0.29) is 11.8 Å². The molecule has 0 unspecified atom stereocenters. The van der Waals surface area contributed by atoms with Crippen molar-refractivity contribution in [1.29, 1.82) is 0 Å². The van der Waals surface area contributed by atoms with Gasteiger partial charge >= 0.3 is 0 Å². The van der Waals surface area contributed by atoms with Crippen LogP contribution in [0.2, 0.25) is 0 Å². The molecule has 0 radical (unpaired) electrons. The summed E-state index contributed by atoms with van der Waals surface area (Å²) >= 11 is 1.65. The summed E-state index contributed by atoms with van der Waals surface area (Å²) in [5.74, 6) is 0.218. The number of aryl methyl sites for hydroxylation is 2. The van der Waals surface area contributed by atoms with E-state index in [9.17, 15) is 4.79 Å². The second kappa shape index (κ2) is 7.41. The van der Waals surface area contributed by atoms with E-state index in [4.69, 9.17) is 4.98 Å². The largest absolute Gasteiger partial charge is 0.330 e. The highest BCUT2D eigenvalue weighted by Crippen LogP contribution is 2.26. The number of aromatic nitrogens is 3. The summed E-state index contributed by atoms with van der Waals surface area (Å²) < 4.78 is 1.75. The first-order chi connectivity index (χ1) is 12.4. The van der Waals surface area contributed by atoms with Crippen molar-refractivity contribution in [1.82, 2.24) is 19.7 Å². The van der Waals surface area contributed by atoms with Gasteiger partial charge in [-0.3, -0.25) is 9.48 Å². The normalized spacial score (nSPS) is 11.3. The van der Waals surface area contributed by atoms with Crippen molar-refractivity contribution in [3.63, 3.8) is 0 Å². The molecule has 0 aliphatic rings. The fourth-order valence-corrected chi connectivity index (χ4v) is 3.78. The van der Waals surface area contributed by atoms with Crippen LogP contribution in [0.15, 0.2) is 36.2 Å². The number of carbonyl (C=O) groups excluding carboxylic acids is 1. The van der Waals surface area contributed by atoms with Crippen molar-refractivity contribution in [3.05, 3.63) is 58.1 Å². The molecule has 3 rings (SSSR count).